The summed E-state index contributed by atoms with van der Waals surface area (Å²) < 4.78 is 0. The van der Waals surface area contributed by atoms with E-state index in [1.54, 1.807) is 4.90 Å². The lowest BCUT2D eigenvalue weighted by Gasteiger charge is -2.12. The average Bonchev–Trinajstić information content (AvgIpc) is 2.58. The van der Waals surface area contributed by atoms with Crippen molar-refractivity contribution in [1.29, 1.82) is 0 Å². The van der Waals surface area contributed by atoms with Crippen LogP contribution in [0, 0.1) is 0 Å². The van der Waals surface area contributed by atoms with Crippen molar-refractivity contribution >= 4 is 17.2 Å². The Morgan fingerprint density at radius 3 is 3.17 bits per heavy atom. The van der Waals surface area contributed by atoms with Crippen LogP contribution < -0.4 is 0 Å². The van der Waals surface area contributed by atoms with Crippen LogP contribution in [-0.2, 0) is 6.54 Å². The van der Waals surface area contributed by atoms with Gasteiger partial charge < -0.3 is 10.0 Å². The molecule has 0 radical (unpaired) electrons. The largest absolute Gasteiger partial charge is 0.395 e. The van der Waals surface area contributed by atoms with Gasteiger partial charge in [0.1, 0.15) is 0 Å². The first kappa shape index (κ1) is 7.76. The smallest absolute Gasteiger partial charge is 0.264 e. The standard InChI is InChI=1S/C8H9NO2S/c10-3-2-9-5-6-1-4-12-7(6)8(9)11/h1,4,10H,2-3,5H2. The third-order valence-electron chi connectivity index (χ3n) is 1.96. The van der Waals surface area contributed by atoms with Gasteiger partial charge in [0.2, 0.25) is 0 Å². The summed E-state index contributed by atoms with van der Waals surface area (Å²) in [5, 5.41) is 10.6. The molecule has 1 aliphatic rings. The summed E-state index contributed by atoms with van der Waals surface area (Å²) in [6, 6.07) is 1.97. The number of carbonyl (C=O) groups excluding carboxylic acids is 1. The molecule has 4 heteroatoms. The summed E-state index contributed by atoms with van der Waals surface area (Å²) in [5.74, 6) is 0.0639. The van der Waals surface area contributed by atoms with E-state index >= 15 is 0 Å². The maximum Gasteiger partial charge on any atom is 0.264 e. The zero-order chi connectivity index (χ0) is 8.55. The van der Waals surface area contributed by atoms with Crippen molar-refractivity contribution in [2.75, 3.05) is 13.2 Å². The molecule has 1 amide bonds. The maximum absolute atomic E-state index is 11.5. The Kier molecular flexibility index (Phi) is 1.86. The number of amides is 1. The topological polar surface area (TPSA) is 40.5 Å². The fourth-order valence-corrected chi connectivity index (χ4v) is 2.25. The van der Waals surface area contributed by atoms with E-state index < -0.39 is 0 Å². The Morgan fingerprint density at radius 2 is 2.50 bits per heavy atom. The quantitative estimate of drug-likeness (QED) is 0.733. The molecule has 12 heavy (non-hydrogen) atoms. The fourth-order valence-electron chi connectivity index (χ4n) is 1.37. The lowest BCUT2D eigenvalue weighted by molar-refractivity contribution is 0.0749. The molecule has 0 fully saturated rings. The zero-order valence-corrected chi connectivity index (χ0v) is 7.30. The Morgan fingerprint density at radius 1 is 1.67 bits per heavy atom. The Hall–Kier alpha value is -0.870. The van der Waals surface area contributed by atoms with Gasteiger partial charge in [-0.2, -0.15) is 0 Å². The molecular weight excluding hydrogens is 174 g/mol. The molecule has 0 atom stereocenters. The minimum atomic E-state index is 0.0423. The van der Waals surface area contributed by atoms with E-state index in [9.17, 15) is 4.79 Å². The number of hydrogen-bond donors (Lipinski definition) is 1. The van der Waals surface area contributed by atoms with Crippen molar-refractivity contribution in [3.8, 4) is 0 Å². The number of aliphatic hydroxyl groups is 1. The summed E-state index contributed by atoms with van der Waals surface area (Å²) in [5.41, 5.74) is 1.10. The lowest BCUT2D eigenvalue weighted by atomic mass is 10.3. The number of carbonyl (C=O) groups is 1. The Bertz CT molecular complexity index is 308. The van der Waals surface area contributed by atoms with Gasteiger partial charge in [-0.05, 0) is 17.0 Å². The summed E-state index contributed by atoms with van der Waals surface area (Å²) in [6.07, 6.45) is 0. The number of nitrogens with zero attached hydrogens (tertiary/aromatic N) is 1. The van der Waals surface area contributed by atoms with Crippen molar-refractivity contribution in [2.24, 2.45) is 0 Å². The molecular formula is C8H9NO2S. The van der Waals surface area contributed by atoms with Crippen LogP contribution in [0.4, 0.5) is 0 Å². The maximum atomic E-state index is 11.5. The summed E-state index contributed by atoms with van der Waals surface area (Å²) >= 11 is 1.48. The van der Waals surface area contributed by atoms with Crippen LogP contribution in [-0.4, -0.2) is 29.1 Å². The number of thiophene rings is 1. The molecule has 0 saturated carbocycles. The van der Waals surface area contributed by atoms with Crippen molar-refractivity contribution in [1.82, 2.24) is 4.90 Å². The second-order valence-corrected chi connectivity index (χ2v) is 3.64. The van der Waals surface area contributed by atoms with E-state index in [1.165, 1.54) is 11.3 Å². The van der Waals surface area contributed by atoms with Gasteiger partial charge in [-0.1, -0.05) is 0 Å². The number of hydrogen-bond acceptors (Lipinski definition) is 3. The van der Waals surface area contributed by atoms with Crippen LogP contribution >= 0.6 is 11.3 Å². The molecule has 0 aromatic carbocycles. The highest BCUT2D eigenvalue weighted by Crippen LogP contribution is 2.26. The van der Waals surface area contributed by atoms with Crippen molar-refractivity contribution in [3.05, 3.63) is 21.9 Å². The van der Waals surface area contributed by atoms with Crippen molar-refractivity contribution in [3.63, 3.8) is 0 Å². The van der Waals surface area contributed by atoms with Crippen LogP contribution in [0.25, 0.3) is 0 Å². The molecule has 2 rings (SSSR count). The van der Waals surface area contributed by atoms with E-state index in [0.29, 0.717) is 13.1 Å². The van der Waals surface area contributed by atoms with E-state index in [2.05, 4.69) is 0 Å². The van der Waals surface area contributed by atoms with Crippen LogP contribution in [0.1, 0.15) is 15.2 Å². The van der Waals surface area contributed by atoms with Gasteiger partial charge in [0.25, 0.3) is 5.91 Å². The number of β-amino-alcohol motifs (C(OH)–C–C–N with tert-alkyl or cyclic N) is 1. The van der Waals surface area contributed by atoms with Crippen LogP contribution in [0.2, 0.25) is 0 Å². The zero-order valence-electron chi connectivity index (χ0n) is 6.49. The molecule has 1 aliphatic heterocycles. The highest BCUT2D eigenvalue weighted by Gasteiger charge is 2.27. The summed E-state index contributed by atoms with van der Waals surface area (Å²) in [6.45, 7) is 1.15. The molecule has 64 valence electrons. The SMILES string of the molecule is O=C1c2sccc2CN1CCO. The number of fused-ring (bicyclic) bond motifs is 1. The van der Waals surface area contributed by atoms with Gasteiger partial charge in [-0.25, -0.2) is 0 Å². The molecule has 0 bridgehead atoms. The second-order valence-electron chi connectivity index (χ2n) is 2.73. The first-order chi connectivity index (χ1) is 5.83. The number of aliphatic hydroxyl groups excluding tert-OH is 1. The first-order valence-electron chi connectivity index (χ1n) is 3.79. The van der Waals surface area contributed by atoms with E-state index in [4.69, 9.17) is 5.11 Å². The molecule has 0 saturated heterocycles. The first-order valence-corrected chi connectivity index (χ1v) is 4.67. The van der Waals surface area contributed by atoms with Crippen LogP contribution in [0.5, 0.6) is 0 Å². The average molecular weight is 183 g/mol. The van der Waals surface area contributed by atoms with Crippen LogP contribution in [0.15, 0.2) is 11.4 Å². The molecule has 0 aliphatic carbocycles. The summed E-state index contributed by atoms with van der Waals surface area (Å²) in [4.78, 5) is 14.0. The Labute approximate surface area is 74.2 Å². The van der Waals surface area contributed by atoms with Gasteiger partial charge in [0, 0.05) is 13.1 Å². The minimum absolute atomic E-state index is 0.0423. The highest BCUT2D eigenvalue weighted by molar-refractivity contribution is 7.12. The molecule has 3 nitrogen and oxygen atoms in total. The Balaban J connectivity index is 2.21. The molecule has 2 heterocycles. The lowest BCUT2D eigenvalue weighted by Crippen LogP contribution is -2.26. The third kappa shape index (κ3) is 1.04. The van der Waals surface area contributed by atoms with E-state index in [0.717, 1.165) is 10.4 Å². The molecule has 1 N–H and O–H groups in total. The number of rotatable bonds is 2. The van der Waals surface area contributed by atoms with E-state index in [1.807, 2.05) is 11.4 Å². The minimum Gasteiger partial charge on any atom is -0.395 e. The molecule has 0 spiro atoms. The second kappa shape index (κ2) is 2.88. The third-order valence-corrected chi connectivity index (χ3v) is 2.90. The monoisotopic (exact) mass is 183 g/mol. The summed E-state index contributed by atoms with van der Waals surface area (Å²) in [7, 11) is 0. The fraction of sp³-hybridized carbons (Fsp3) is 0.375. The van der Waals surface area contributed by atoms with Gasteiger partial charge in [-0.15, -0.1) is 11.3 Å². The van der Waals surface area contributed by atoms with Gasteiger partial charge >= 0.3 is 0 Å². The highest BCUT2D eigenvalue weighted by atomic mass is 32.1. The molecule has 1 aromatic heterocycles. The molecule has 0 unspecified atom stereocenters. The molecule has 1 aromatic rings. The predicted octanol–water partition coefficient (Wildman–Crippen LogP) is 0.696. The van der Waals surface area contributed by atoms with Crippen molar-refractivity contribution < 1.29 is 9.90 Å². The van der Waals surface area contributed by atoms with Gasteiger partial charge in [-0.3, -0.25) is 4.79 Å². The predicted molar refractivity (Wildman–Crippen MR) is 46.1 cm³/mol. The normalized spacial score (nSPS) is 15.4. The van der Waals surface area contributed by atoms with Gasteiger partial charge in [0.05, 0.1) is 11.5 Å². The van der Waals surface area contributed by atoms with Gasteiger partial charge in [0.15, 0.2) is 0 Å². The van der Waals surface area contributed by atoms with Crippen molar-refractivity contribution in [2.45, 2.75) is 6.54 Å². The van der Waals surface area contributed by atoms with Crippen LogP contribution in [0.3, 0.4) is 0 Å². The van der Waals surface area contributed by atoms with E-state index in [-0.39, 0.29) is 12.5 Å².